The number of carbonyl (C=O) groups is 1. The molecule has 2 aromatic carbocycles. The molecule has 1 spiro atoms. The van der Waals surface area contributed by atoms with E-state index in [4.69, 9.17) is 9.72 Å². The highest BCUT2D eigenvalue weighted by Gasteiger charge is 2.36. The van der Waals surface area contributed by atoms with E-state index in [2.05, 4.69) is 25.5 Å². The van der Waals surface area contributed by atoms with Gasteiger partial charge in [0, 0.05) is 33.7 Å². The zero-order valence-corrected chi connectivity index (χ0v) is 22.1. The number of aromatic amines is 2. The molecular weight excluding hydrogens is 516 g/mol. The minimum atomic E-state index is 0. The predicted molar refractivity (Wildman–Crippen MR) is 145 cm³/mol. The second-order valence-corrected chi connectivity index (χ2v) is 10.2. The molecule has 3 aromatic heterocycles. The van der Waals surface area contributed by atoms with Crippen molar-refractivity contribution in [3.63, 3.8) is 0 Å². The summed E-state index contributed by atoms with van der Waals surface area (Å²) in [6.07, 6.45) is 3.54. The van der Waals surface area contributed by atoms with Gasteiger partial charge in [-0.15, -0.1) is 0 Å². The topological polar surface area (TPSA) is 112 Å². The third-order valence-corrected chi connectivity index (χ3v) is 7.87. The molecule has 2 aliphatic heterocycles. The molecule has 1 amide bonds. The van der Waals surface area contributed by atoms with E-state index in [0.717, 1.165) is 90.0 Å². The standard InChI is InChI=1S/C28H28N8O2.ClH/c37-28(35-7-9-36(10-8-35)11-13-38-14-12-36)25-16-19-1-2-20(17-24(19)32-25)27-29-6-5-26(33-27)31-22-3-4-23-21(15-22)18-30-34-23;/h1-6,15-18H,7-14H2,(H2-,29,30,31,32,33,34,37);1H. The van der Waals surface area contributed by atoms with Gasteiger partial charge in [-0.3, -0.25) is 9.89 Å². The maximum Gasteiger partial charge on any atom is 0.270 e. The van der Waals surface area contributed by atoms with Gasteiger partial charge in [0.15, 0.2) is 5.82 Å². The van der Waals surface area contributed by atoms with Gasteiger partial charge in [-0.05, 0) is 36.4 Å². The van der Waals surface area contributed by atoms with Crippen LogP contribution in [0.25, 0.3) is 33.2 Å². The second kappa shape index (κ2) is 10.3. The van der Waals surface area contributed by atoms with E-state index in [1.54, 1.807) is 12.4 Å². The van der Waals surface area contributed by atoms with Crippen molar-refractivity contribution in [2.24, 2.45) is 0 Å². The molecule has 5 heterocycles. The lowest BCUT2D eigenvalue weighted by molar-refractivity contribution is -0.938. The number of nitrogens with one attached hydrogen (secondary N) is 3. The normalized spacial score (nSPS) is 16.9. The first-order valence-electron chi connectivity index (χ1n) is 13.0. The Morgan fingerprint density at radius 2 is 1.79 bits per heavy atom. The Balaban J connectivity index is 0.00000277. The average molecular weight is 545 g/mol. The maximum atomic E-state index is 13.3. The van der Waals surface area contributed by atoms with Crippen molar-refractivity contribution in [1.82, 2.24) is 30.0 Å². The molecule has 200 valence electrons. The van der Waals surface area contributed by atoms with Crippen LogP contribution in [0.4, 0.5) is 11.5 Å². The summed E-state index contributed by atoms with van der Waals surface area (Å²) in [5.74, 6) is 1.37. The van der Waals surface area contributed by atoms with E-state index in [-0.39, 0.29) is 18.3 Å². The molecule has 2 fully saturated rings. The molecule has 0 aliphatic carbocycles. The van der Waals surface area contributed by atoms with E-state index >= 15 is 0 Å². The van der Waals surface area contributed by atoms with Crippen LogP contribution in [0.2, 0.25) is 0 Å². The Labute approximate surface area is 231 Å². The van der Waals surface area contributed by atoms with Crippen molar-refractivity contribution < 1.29 is 26.4 Å². The van der Waals surface area contributed by atoms with Crippen molar-refractivity contribution in [2.75, 3.05) is 57.8 Å². The van der Waals surface area contributed by atoms with Gasteiger partial charge in [0.25, 0.3) is 5.91 Å². The SMILES string of the molecule is O=C(c1cc2ccc(-c3nccc(Nc4ccc5[nH]ncc5c4)n3)cc2[nH]1)N1CC[N+]2(CCOCC2)CC1.[Cl-]. The summed E-state index contributed by atoms with van der Waals surface area (Å²) in [7, 11) is 0. The number of benzene rings is 2. The first-order valence-corrected chi connectivity index (χ1v) is 13.0. The summed E-state index contributed by atoms with van der Waals surface area (Å²) >= 11 is 0. The third kappa shape index (κ3) is 4.94. The van der Waals surface area contributed by atoms with Crippen LogP contribution in [-0.4, -0.2) is 92.9 Å². The molecule has 3 N–H and O–H groups in total. The average Bonchev–Trinajstić information content (AvgIpc) is 3.60. The van der Waals surface area contributed by atoms with Gasteiger partial charge in [0.2, 0.25) is 0 Å². The lowest BCUT2D eigenvalue weighted by Gasteiger charge is -2.46. The molecule has 0 saturated carbocycles. The summed E-state index contributed by atoms with van der Waals surface area (Å²) in [5.41, 5.74) is 4.30. The largest absolute Gasteiger partial charge is 1.00 e. The Morgan fingerprint density at radius 3 is 2.64 bits per heavy atom. The molecule has 11 heteroatoms. The van der Waals surface area contributed by atoms with Crippen molar-refractivity contribution >= 4 is 39.2 Å². The third-order valence-electron chi connectivity index (χ3n) is 7.87. The van der Waals surface area contributed by atoms with Crippen LogP contribution in [0, 0.1) is 0 Å². The number of hydrogen-bond acceptors (Lipinski definition) is 6. The molecule has 2 saturated heterocycles. The number of anilines is 2. The molecule has 10 nitrogen and oxygen atoms in total. The number of rotatable bonds is 4. The van der Waals surface area contributed by atoms with E-state index in [1.165, 1.54) is 0 Å². The maximum absolute atomic E-state index is 13.3. The number of nitrogens with zero attached hydrogens (tertiary/aromatic N) is 5. The molecule has 39 heavy (non-hydrogen) atoms. The summed E-state index contributed by atoms with van der Waals surface area (Å²) in [6, 6.07) is 15.8. The Morgan fingerprint density at radius 1 is 0.949 bits per heavy atom. The highest BCUT2D eigenvalue weighted by atomic mass is 35.5. The molecule has 0 radical (unpaired) electrons. The lowest BCUT2D eigenvalue weighted by atomic mass is 10.1. The minimum Gasteiger partial charge on any atom is -1.00 e. The Bertz CT molecular complexity index is 1630. The number of halogens is 1. The molecule has 5 aromatic rings. The molecule has 0 unspecified atom stereocenters. The monoisotopic (exact) mass is 544 g/mol. The van der Waals surface area contributed by atoms with Gasteiger partial charge >= 0.3 is 0 Å². The first-order chi connectivity index (χ1) is 18.6. The summed E-state index contributed by atoms with van der Waals surface area (Å²) in [5, 5.41) is 12.4. The van der Waals surface area contributed by atoms with Crippen LogP contribution in [-0.2, 0) is 4.74 Å². The van der Waals surface area contributed by atoms with Gasteiger partial charge in [0.05, 0.1) is 51.1 Å². The highest BCUT2D eigenvalue weighted by molar-refractivity contribution is 5.98. The van der Waals surface area contributed by atoms with Gasteiger partial charge in [0.1, 0.15) is 24.6 Å². The van der Waals surface area contributed by atoms with Crippen molar-refractivity contribution in [1.29, 1.82) is 0 Å². The minimum absolute atomic E-state index is 0. The van der Waals surface area contributed by atoms with E-state index in [9.17, 15) is 4.79 Å². The molecule has 0 atom stereocenters. The fourth-order valence-corrected chi connectivity index (χ4v) is 5.56. The molecular formula is C28H29ClN8O2. The first kappa shape index (κ1) is 25.3. The van der Waals surface area contributed by atoms with Gasteiger partial charge in [-0.1, -0.05) is 12.1 Å². The number of aromatic nitrogens is 5. The van der Waals surface area contributed by atoms with Crippen LogP contribution >= 0.6 is 0 Å². The fourth-order valence-electron chi connectivity index (χ4n) is 5.56. The smallest absolute Gasteiger partial charge is 0.270 e. The fraction of sp³-hybridized carbons (Fsp3) is 0.286. The number of fused-ring (bicyclic) bond motifs is 2. The van der Waals surface area contributed by atoms with Crippen LogP contribution < -0.4 is 17.7 Å². The van der Waals surface area contributed by atoms with Crippen molar-refractivity contribution in [3.8, 4) is 11.4 Å². The number of piperazine rings is 1. The van der Waals surface area contributed by atoms with Crippen molar-refractivity contribution in [2.45, 2.75) is 0 Å². The number of morpholine rings is 1. The lowest BCUT2D eigenvalue weighted by Crippen LogP contribution is -3.00. The zero-order valence-electron chi connectivity index (χ0n) is 21.4. The van der Waals surface area contributed by atoms with Crippen LogP contribution in [0.5, 0.6) is 0 Å². The van der Waals surface area contributed by atoms with E-state index < -0.39 is 0 Å². The number of carbonyl (C=O) groups excluding carboxylic acids is 1. The summed E-state index contributed by atoms with van der Waals surface area (Å²) < 4.78 is 6.62. The second-order valence-electron chi connectivity index (χ2n) is 10.2. The summed E-state index contributed by atoms with van der Waals surface area (Å²) in [4.78, 5) is 27.8. The van der Waals surface area contributed by atoms with Gasteiger partial charge in [-0.25, -0.2) is 9.97 Å². The number of ether oxygens (including phenoxy) is 1. The summed E-state index contributed by atoms with van der Waals surface area (Å²) in [6.45, 7) is 7.30. The number of quaternary nitrogens is 1. The van der Waals surface area contributed by atoms with Crippen molar-refractivity contribution in [3.05, 3.63) is 66.6 Å². The molecule has 2 aliphatic rings. The zero-order chi connectivity index (χ0) is 25.5. The van der Waals surface area contributed by atoms with Crippen LogP contribution in [0.3, 0.4) is 0 Å². The Hall–Kier alpha value is -3.99. The van der Waals surface area contributed by atoms with Gasteiger partial charge < -0.3 is 36.8 Å². The Kier molecular flexibility index (Phi) is 6.68. The van der Waals surface area contributed by atoms with Crippen LogP contribution in [0.15, 0.2) is 60.9 Å². The molecule has 7 rings (SSSR count). The highest BCUT2D eigenvalue weighted by Crippen LogP contribution is 2.26. The number of amides is 1. The number of hydrogen-bond donors (Lipinski definition) is 3. The molecule has 0 bridgehead atoms. The van der Waals surface area contributed by atoms with E-state index in [0.29, 0.717) is 17.3 Å². The number of H-pyrrole nitrogens is 2. The van der Waals surface area contributed by atoms with Gasteiger partial charge in [-0.2, -0.15) is 5.10 Å². The van der Waals surface area contributed by atoms with E-state index in [1.807, 2.05) is 53.4 Å². The predicted octanol–water partition coefficient (Wildman–Crippen LogP) is 0.552. The van der Waals surface area contributed by atoms with Crippen LogP contribution in [0.1, 0.15) is 10.5 Å². The quantitative estimate of drug-likeness (QED) is 0.285.